The number of aromatic carboxylic acids is 1. The van der Waals surface area contributed by atoms with Crippen molar-refractivity contribution in [2.24, 2.45) is 5.73 Å². The number of benzene rings is 1. The average Bonchev–Trinajstić information content (AvgIpc) is 2.89. The van der Waals surface area contributed by atoms with Crippen molar-refractivity contribution in [1.29, 1.82) is 0 Å². The number of carboxylic acid groups (broad SMARTS) is 1. The number of carbonyl (C=O) groups is 2. The van der Waals surface area contributed by atoms with Crippen molar-refractivity contribution in [2.45, 2.75) is 6.54 Å². The molecule has 2 rings (SSSR count). The molecule has 1 aromatic carbocycles. The van der Waals surface area contributed by atoms with E-state index in [1.54, 1.807) is 12.1 Å². The van der Waals surface area contributed by atoms with E-state index in [1.165, 1.54) is 18.2 Å². The van der Waals surface area contributed by atoms with E-state index >= 15 is 0 Å². The summed E-state index contributed by atoms with van der Waals surface area (Å²) in [4.78, 5) is 23.1. The highest BCUT2D eigenvalue weighted by Gasteiger charge is 2.16. The van der Waals surface area contributed by atoms with Gasteiger partial charge in [-0.1, -0.05) is 0 Å². The fourth-order valence-corrected chi connectivity index (χ4v) is 2.09. The maximum atomic E-state index is 12.0. The first-order chi connectivity index (χ1) is 9.51. The molecular formula is C13H11IN2O4. The molecule has 0 unspecified atom stereocenters. The van der Waals surface area contributed by atoms with Crippen LogP contribution < -0.4 is 11.1 Å². The molecule has 6 nitrogen and oxygen atoms in total. The first-order valence-corrected chi connectivity index (χ1v) is 6.72. The molecule has 1 aromatic heterocycles. The van der Waals surface area contributed by atoms with Gasteiger partial charge in [0.2, 0.25) is 0 Å². The summed E-state index contributed by atoms with van der Waals surface area (Å²) in [6, 6.07) is 7.81. The minimum absolute atomic E-state index is 0.0239. The average molecular weight is 386 g/mol. The number of nitrogens with two attached hydrogens (primary N) is 1. The Morgan fingerprint density at radius 3 is 2.65 bits per heavy atom. The second kappa shape index (κ2) is 6.06. The first-order valence-electron chi connectivity index (χ1n) is 5.64. The van der Waals surface area contributed by atoms with Crippen LogP contribution in [-0.4, -0.2) is 17.0 Å². The molecule has 104 valence electrons. The van der Waals surface area contributed by atoms with E-state index in [2.05, 4.69) is 5.32 Å². The Labute approximate surface area is 128 Å². The Kier molecular flexibility index (Phi) is 4.40. The Morgan fingerprint density at radius 2 is 2.05 bits per heavy atom. The van der Waals surface area contributed by atoms with Crippen molar-refractivity contribution < 1.29 is 19.1 Å². The van der Waals surface area contributed by atoms with Gasteiger partial charge < -0.3 is 20.6 Å². The number of carbonyl (C=O) groups excluding carboxylic acids is 1. The molecule has 1 amide bonds. The number of carboxylic acids is 1. The predicted octanol–water partition coefficient (Wildman–Crippen LogP) is 2.29. The van der Waals surface area contributed by atoms with Crippen molar-refractivity contribution >= 4 is 40.2 Å². The molecule has 0 fully saturated rings. The lowest BCUT2D eigenvalue weighted by Crippen LogP contribution is -2.14. The minimum atomic E-state index is -1.11. The highest BCUT2D eigenvalue weighted by atomic mass is 127. The van der Waals surface area contributed by atoms with E-state index in [9.17, 15) is 9.59 Å². The van der Waals surface area contributed by atoms with Crippen LogP contribution in [0.4, 0.5) is 5.69 Å². The van der Waals surface area contributed by atoms with Crippen LogP contribution in [0.25, 0.3) is 0 Å². The fourth-order valence-electron chi connectivity index (χ4n) is 1.60. The van der Waals surface area contributed by atoms with E-state index in [0.29, 0.717) is 5.76 Å². The summed E-state index contributed by atoms with van der Waals surface area (Å²) in [5, 5.41) is 11.6. The van der Waals surface area contributed by atoms with Crippen molar-refractivity contribution in [1.82, 2.24) is 0 Å². The molecule has 7 heteroatoms. The van der Waals surface area contributed by atoms with Gasteiger partial charge in [-0.3, -0.25) is 4.79 Å². The Balaban J connectivity index is 2.25. The molecule has 1 heterocycles. The number of amides is 1. The Bertz CT molecular complexity index is 666. The summed E-state index contributed by atoms with van der Waals surface area (Å²) in [5.74, 6) is -1.06. The van der Waals surface area contributed by atoms with Gasteiger partial charge in [-0.25, -0.2) is 4.79 Å². The summed E-state index contributed by atoms with van der Waals surface area (Å²) in [7, 11) is 0. The van der Waals surface area contributed by atoms with Gasteiger partial charge in [-0.05, 0) is 52.9 Å². The summed E-state index contributed by atoms with van der Waals surface area (Å²) in [6.07, 6.45) is 0. The molecular weight excluding hydrogens is 375 g/mol. The maximum absolute atomic E-state index is 12.0. The lowest BCUT2D eigenvalue weighted by atomic mass is 10.2. The van der Waals surface area contributed by atoms with Gasteiger partial charge in [0, 0.05) is 3.57 Å². The number of halogens is 1. The van der Waals surface area contributed by atoms with E-state index in [-0.39, 0.29) is 23.6 Å². The molecule has 0 aliphatic rings. The number of furan rings is 1. The molecule has 20 heavy (non-hydrogen) atoms. The number of hydrogen-bond acceptors (Lipinski definition) is 4. The second-order valence-electron chi connectivity index (χ2n) is 3.92. The van der Waals surface area contributed by atoms with E-state index in [4.69, 9.17) is 15.3 Å². The third-order valence-electron chi connectivity index (χ3n) is 2.55. The van der Waals surface area contributed by atoms with Crippen LogP contribution in [0, 0.1) is 3.57 Å². The van der Waals surface area contributed by atoms with E-state index in [1.807, 2.05) is 22.6 Å². The highest BCUT2D eigenvalue weighted by Crippen LogP contribution is 2.20. The molecule has 2 aromatic rings. The van der Waals surface area contributed by atoms with Crippen molar-refractivity contribution in [3.8, 4) is 0 Å². The van der Waals surface area contributed by atoms with Gasteiger partial charge in [0.15, 0.2) is 5.76 Å². The topological polar surface area (TPSA) is 106 Å². The predicted molar refractivity (Wildman–Crippen MR) is 80.7 cm³/mol. The molecule has 4 N–H and O–H groups in total. The van der Waals surface area contributed by atoms with Gasteiger partial charge in [-0.15, -0.1) is 0 Å². The normalized spacial score (nSPS) is 10.3. The highest BCUT2D eigenvalue weighted by molar-refractivity contribution is 14.1. The molecule has 0 saturated heterocycles. The summed E-state index contributed by atoms with van der Waals surface area (Å²) in [6.45, 7) is 0.192. The monoisotopic (exact) mass is 386 g/mol. The van der Waals surface area contributed by atoms with Gasteiger partial charge >= 0.3 is 5.97 Å². The molecule has 0 spiro atoms. The number of hydrogen-bond donors (Lipinski definition) is 3. The maximum Gasteiger partial charge on any atom is 0.337 e. The Hall–Kier alpha value is -1.87. The molecule has 0 atom stereocenters. The number of anilines is 1. The second-order valence-corrected chi connectivity index (χ2v) is 5.16. The van der Waals surface area contributed by atoms with Crippen molar-refractivity contribution in [2.75, 3.05) is 5.32 Å². The van der Waals surface area contributed by atoms with Crippen LogP contribution >= 0.6 is 22.6 Å². The van der Waals surface area contributed by atoms with Crippen LogP contribution in [-0.2, 0) is 6.54 Å². The van der Waals surface area contributed by atoms with Crippen molar-refractivity contribution in [3.63, 3.8) is 0 Å². The molecule has 0 radical (unpaired) electrons. The van der Waals surface area contributed by atoms with Gasteiger partial charge in [0.05, 0.1) is 17.8 Å². The van der Waals surface area contributed by atoms with Gasteiger partial charge in [0.25, 0.3) is 5.91 Å². The third-order valence-corrected chi connectivity index (χ3v) is 3.22. The van der Waals surface area contributed by atoms with Gasteiger partial charge in [0.1, 0.15) is 5.76 Å². The summed E-state index contributed by atoms with van der Waals surface area (Å²) < 4.78 is 5.97. The lowest BCUT2D eigenvalue weighted by Gasteiger charge is -2.07. The van der Waals surface area contributed by atoms with Crippen LogP contribution in [0.2, 0.25) is 0 Å². The standard InChI is InChI=1S/C13H11IN2O4/c14-7-1-3-10(9(5-7)13(18)19)16-12(17)11-4-2-8(6-15)20-11/h1-5H,6,15H2,(H,16,17)(H,18,19). The van der Waals surface area contributed by atoms with Gasteiger partial charge in [-0.2, -0.15) is 0 Å². The zero-order valence-electron chi connectivity index (χ0n) is 10.2. The molecule has 0 aliphatic heterocycles. The van der Waals surface area contributed by atoms with Crippen LogP contribution in [0.1, 0.15) is 26.7 Å². The zero-order chi connectivity index (χ0) is 14.7. The van der Waals surface area contributed by atoms with Crippen LogP contribution in [0.15, 0.2) is 34.7 Å². The quantitative estimate of drug-likeness (QED) is 0.700. The van der Waals surface area contributed by atoms with E-state index in [0.717, 1.165) is 3.57 Å². The van der Waals surface area contributed by atoms with Crippen LogP contribution in [0.5, 0.6) is 0 Å². The minimum Gasteiger partial charge on any atom is -0.478 e. The number of rotatable bonds is 4. The summed E-state index contributed by atoms with van der Waals surface area (Å²) in [5.41, 5.74) is 5.63. The van der Waals surface area contributed by atoms with Crippen molar-refractivity contribution in [3.05, 3.63) is 51.0 Å². The molecule has 0 bridgehead atoms. The lowest BCUT2D eigenvalue weighted by molar-refractivity contribution is 0.0698. The number of nitrogens with one attached hydrogen (secondary N) is 1. The smallest absolute Gasteiger partial charge is 0.337 e. The fraction of sp³-hybridized carbons (Fsp3) is 0.0769. The largest absolute Gasteiger partial charge is 0.478 e. The third kappa shape index (κ3) is 3.17. The molecule has 0 aliphatic carbocycles. The SMILES string of the molecule is NCc1ccc(C(=O)Nc2ccc(I)cc2C(=O)O)o1. The van der Waals surface area contributed by atoms with E-state index < -0.39 is 11.9 Å². The zero-order valence-corrected chi connectivity index (χ0v) is 12.4. The van der Waals surface area contributed by atoms with Crippen LogP contribution in [0.3, 0.4) is 0 Å². The first kappa shape index (κ1) is 14.5. The summed E-state index contributed by atoms with van der Waals surface area (Å²) >= 11 is 2.00. The Morgan fingerprint density at radius 1 is 1.30 bits per heavy atom. The molecule has 0 saturated carbocycles.